The summed E-state index contributed by atoms with van der Waals surface area (Å²) in [5, 5.41) is 0. The average molecular weight is 394 g/mol. The molecule has 4 fully saturated rings. The van der Waals surface area contributed by atoms with Crippen LogP contribution in [0.2, 0.25) is 0 Å². The van der Waals surface area contributed by atoms with Crippen molar-refractivity contribution in [3.63, 3.8) is 0 Å². The number of nitrogens with zero attached hydrogens (tertiary/aromatic N) is 3. The van der Waals surface area contributed by atoms with E-state index in [1.165, 1.54) is 19.3 Å². The Morgan fingerprint density at radius 1 is 0.929 bits per heavy atom. The van der Waals surface area contributed by atoms with Crippen molar-refractivity contribution in [2.45, 2.75) is 76.2 Å². The molecule has 28 heavy (non-hydrogen) atoms. The molecule has 2 amide bonds. The normalized spacial score (nSPS) is 30.9. The van der Waals surface area contributed by atoms with Crippen LogP contribution in [0.4, 0.5) is 0 Å². The zero-order valence-corrected chi connectivity index (χ0v) is 17.2. The lowest BCUT2D eigenvalue weighted by atomic mass is 9.91. The summed E-state index contributed by atoms with van der Waals surface area (Å²) in [6.45, 7) is 7.21. The zero-order valence-electron chi connectivity index (χ0n) is 17.2. The maximum absolute atomic E-state index is 13.3. The molecule has 0 bridgehead atoms. The van der Waals surface area contributed by atoms with Crippen LogP contribution < -0.4 is 0 Å². The average Bonchev–Trinajstić information content (AvgIpc) is 2.92. The van der Waals surface area contributed by atoms with Gasteiger partial charge in [0.15, 0.2) is 0 Å². The maximum Gasteiger partial charge on any atom is 0.245 e. The van der Waals surface area contributed by atoms with Crippen LogP contribution in [0, 0.1) is 0 Å². The van der Waals surface area contributed by atoms with Crippen molar-refractivity contribution in [1.29, 1.82) is 0 Å². The minimum absolute atomic E-state index is 0.0256. The Morgan fingerprint density at radius 3 is 2.39 bits per heavy atom. The Labute approximate surface area is 168 Å². The van der Waals surface area contributed by atoms with Crippen LogP contribution >= 0.6 is 0 Å². The Balaban J connectivity index is 1.35. The summed E-state index contributed by atoms with van der Waals surface area (Å²) < 4.78 is 11.6. The van der Waals surface area contributed by atoms with E-state index < -0.39 is 0 Å². The standard InChI is InChI=1S/C21H35N3O4/c1-16(25)24-15-19(28-18-6-12-27-13-7-18)14-20(24)21(26)23-9-3-8-22(10-11-23)17-4-2-5-17/h17-20H,2-15H2,1H3. The monoisotopic (exact) mass is 393 g/mol. The molecular formula is C21H35N3O4. The quantitative estimate of drug-likeness (QED) is 0.720. The highest BCUT2D eigenvalue weighted by Crippen LogP contribution is 2.28. The van der Waals surface area contributed by atoms with Crippen LogP contribution in [-0.2, 0) is 19.1 Å². The molecule has 158 valence electrons. The Kier molecular flexibility index (Phi) is 6.53. The molecule has 3 aliphatic heterocycles. The van der Waals surface area contributed by atoms with E-state index in [-0.39, 0.29) is 30.1 Å². The minimum atomic E-state index is -0.363. The van der Waals surface area contributed by atoms with E-state index in [0.717, 1.165) is 64.7 Å². The first-order chi connectivity index (χ1) is 13.6. The first-order valence-corrected chi connectivity index (χ1v) is 11.1. The van der Waals surface area contributed by atoms with Gasteiger partial charge in [-0.3, -0.25) is 14.5 Å². The molecule has 0 radical (unpaired) electrons. The molecule has 2 unspecified atom stereocenters. The van der Waals surface area contributed by atoms with Gasteiger partial charge in [0.1, 0.15) is 6.04 Å². The molecule has 3 heterocycles. The van der Waals surface area contributed by atoms with E-state index in [0.29, 0.717) is 13.0 Å². The third-order valence-electron chi connectivity index (χ3n) is 6.94. The first kappa shape index (κ1) is 20.1. The van der Waals surface area contributed by atoms with Crippen molar-refractivity contribution in [3.05, 3.63) is 0 Å². The number of carbonyl (C=O) groups is 2. The molecule has 0 aromatic carbocycles. The van der Waals surface area contributed by atoms with Gasteiger partial charge in [0.2, 0.25) is 11.8 Å². The van der Waals surface area contributed by atoms with Gasteiger partial charge in [0.05, 0.1) is 12.2 Å². The highest BCUT2D eigenvalue weighted by molar-refractivity contribution is 5.87. The summed E-state index contributed by atoms with van der Waals surface area (Å²) >= 11 is 0. The molecule has 1 aliphatic carbocycles. The number of rotatable bonds is 4. The summed E-state index contributed by atoms with van der Waals surface area (Å²) in [5.74, 6) is 0.0890. The first-order valence-electron chi connectivity index (χ1n) is 11.1. The van der Waals surface area contributed by atoms with Crippen molar-refractivity contribution >= 4 is 11.8 Å². The van der Waals surface area contributed by atoms with Gasteiger partial charge in [-0.15, -0.1) is 0 Å². The molecule has 0 N–H and O–H groups in total. The molecule has 0 aromatic rings. The number of hydrogen-bond donors (Lipinski definition) is 0. The van der Waals surface area contributed by atoms with Crippen molar-refractivity contribution in [3.8, 4) is 0 Å². The van der Waals surface area contributed by atoms with Crippen molar-refractivity contribution in [2.24, 2.45) is 0 Å². The van der Waals surface area contributed by atoms with Gasteiger partial charge in [-0.1, -0.05) is 6.42 Å². The second-order valence-corrected chi connectivity index (χ2v) is 8.79. The predicted molar refractivity (Wildman–Crippen MR) is 105 cm³/mol. The van der Waals surface area contributed by atoms with Crippen molar-refractivity contribution in [1.82, 2.24) is 14.7 Å². The van der Waals surface area contributed by atoms with Crippen molar-refractivity contribution < 1.29 is 19.1 Å². The SMILES string of the molecule is CC(=O)N1CC(OC2CCOCC2)CC1C(=O)N1CCCN(C2CCC2)CC1. The lowest BCUT2D eigenvalue weighted by Crippen LogP contribution is -2.48. The lowest BCUT2D eigenvalue weighted by Gasteiger charge is -2.36. The van der Waals surface area contributed by atoms with E-state index >= 15 is 0 Å². The van der Waals surface area contributed by atoms with Crippen LogP contribution in [0.5, 0.6) is 0 Å². The largest absolute Gasteiger partial charge is 0.381 e. The van der Waals surface area contributed by atoms with E-state index in [2.05, 4.69) is 4.90 Å². The summed E-state index contributed by atoms with van der Waals surface area (Å²) in [6, 6.07) is 0.366. The van der Waals surface area contributed by atoms with Gasteiger partial charge in [-0.2, -0.15) is 0 Å². The fourth-order valence-electron chi connectivity index (χ4n) is 5.05. The molecule has 1 saturated carbocycles. The van der Waals surface area contributed by atoms with Gasteiger partial charge in [-0.25, -0.2) is 0 Å². The number of ether oxygens (including phenoxy) is 2. The van der Waals surface area contributed by atoms with E-state index in [4.69, 9.17) is 9.47 Å². The molecular weight excluding hydrogens is 358 g/mol. The third kappa shape index (κ3) is 4.52. The predicted octanol–water partition coefficient (Wildman–Crippen LogP) is 1.26. The smallest absolute Gasteiger partial charge is 0.245 e. The van der Waals surface area contributed by atoms with Crippen LogP contribution in [0.15, 0.2) is 0 Å². The Hall–Kier alpha value is -1.18. The van der Waals surface area contributed by atoms with Gasteiger partial charge in [0.25, 0.3) is 0 Å². The Bertz CT molecular complexity index is 562. The summed E-state index contributed by atoms with van der Waals surface area (Å²) in [4.78, 5) is 31.8. The minimum Gasteiger partial charge on any atom is -0.381 e. The Morgan fingerprint density at radius 2 is 1.71 bits per heavy atom. The van der Waals surface area contributed by atoms with Crippen LogP contribution in [0.1, 0.15) is 51.9 Å². The van der Waals surface area contributed by atoms with Gasteiger partial charge < -0.3 is 19.3 Å². The van der Waals surface area contributed by atoms with E-state index in [1.54, 1.807) is 11.8 Å². The van der Waals surface area contributed by atoms with Crippen LogP contribution in [-0.4, -0.2) is 96.7 Å². The molecule has 3 saturated heterocycles. The molecule has 2 atom stereocenters. The second-order valence-electron chi connectivity index (χ2n) is 8.79. The third-order valence-corrected chi connectivity index (χ3v) is 6.94. The van der Waals surface area contributed by atoms with E-state index in [1.807, 2.05) is 4.90 Å². The summed E-state index contributed by atoms with van der Waals surface area (Å²) in [6.07, 6.45) is 7.55. The zero-order chi connectivity index (χ0) is 19.5. The molecule has 0 spiro atoms. The van der Waals surface area contributed by atoms with Gasteiger partial charge in [-0.05, 0) is 32.1 Å². The van der Waals surface area contributed by atoms with Crippen LogP contribution in [0.25, 0.3) is 0 Å². The molecule has 4 aliphatic rings. The number of amides is 2. The highest BCUT2D eigenvalue weighted by Gasteiger charge is 2.42. The summed E-state index contributed by atoms with van der Waals surface area (Å²) in [7, 11) is 0. The maximum atomic E-state index is 13.3. The lowest BCUT2D eigenvalue weighted by molar-refractivity contribution is -0.142. The molecule has 7 heteroatoms. The summed E-state index contributed by atoms with van der Waals surface area (Å²) in [5.41, 5.74) is 0. The van der Waals surface area contributed by atoms with E-state index in [9.17, 15) is 9.59 Å². The fraction of sp³-hybridized carbons (Fsp3) is 0.905. The molecule has 7 nitrogen and oxygen atoms in total. The van der Waals surface area contributed by atoms with Gasteiger partial charge in [0, 0.05) is 65.3 Å². The number of hydrogen-bond acceptors (Lipinski definition) is 5. The molecule has 4 rings (SSSR count). The highest BCUT2D eigenvalue weighted by atomic mass is 16.5. The van der Waals surface area contributed by atoms with Crippen LogP contribution in [0.3, 0.4) is 0 Å². The topological polar surface area (TPSA) is 62.3 Å². The van der Waals surface area contributed by atoms with Crippen molar-refractivity contribution in [2.75, 3.05) is 45.9 Å². The number of likely N-dealkylation sites (tertiary alicyclic amines) is 1. The second kappa shape index (κ2) is 9.09. The fourth-order valence-corrected chi connectivity index (χ4v) is 5.05. The number of carbonyl (C=O) groups excluding carboxylic acids is 2. The van der Waals surface area contributed by atoms with Gasteiger partial charge >= 0.3 is 0 Å². The molecule has 0 aromatic heterocycles.